The smallest absolute Gasteiger partial charge is 0.182 e. The highest BCUT2D eigenvalue weighted by molar-refractivity contribution is 7.92. The van der Waals surface area contributed by atoms with E-state index in [1.807, 2.05) is 13.0 Å². The van der Waals surface area contributed by atoms with Gasteiger partial charge in [-0.05, 0) is 32.4 Å². The second-order valence-electron chi connectivity index (χ2n) is 4.44. The molecule has 0 radical (unpaired) electrons. The zero-order chi connectivity index (χ0) is 12.1. The lowest BCUT2D eigenvalue weighted by molar-refractivity contribution is 0.0975. The molecule has 1 aromatic carbocycles. The number of benzene rings is 1. The van der Waals surface area contributed by atoms with Crippen molar-refractivity contribution in [2.45, 2.75) is 37.3 Å². The molecule has 86 valence electrons. The maximum Gasteiger partial charge on any atom is 0.182 e. The Morgan fingerprint density at radius 3 is 2.50 bits per heavy atom. The van der Waals surface area contributed by atoms with Crippen LogP contribution < -0.4 is 0 Å². The third-order valence-corrected chi connectivity index (χ3v) is 5.34. The topological polar surface area (TPSA) is 51.2 Å². The molecule has 3 nitrogen and oxygen atoms in total. The van der Waals surface area contributed by atoms with Crippen LogP contribution in [0.15, 0.2) is 17.0 Å². The van der Waals surface area contributed by atoms with Crippen molar-refractivity contribution in [2.24, 2.45) is 0 Å². The molecule has 0 fully saturated rings. The molecule has 1 unspecified atom stereocenters. The fraction of sp³-hybridized carbons (Fsp3) is 0.417. The molecule has 1 atom stereocenters. The highest BCUT2D eigenvalue weighted by Crippen LogP contribution is 2.32. The predicted molar refractivity (Wildman–Crippen MR) is 61.5 cm³/mol. The highest BCUT2D eigenvalue weighted by Gasteiger charge is 2.36. The first-order valence-corrected chi connectivity index (χ1v) is 6.77. The Morgan fingerprint density at radius 1 is 1.25 bits per heavy atom. The molecule has 4 heteroatoms. The van der Waals surface area contributed by atoms with E-state index in [9.17, 15) is 13.2 Å². The number of carbonyl (C=O) groups is 1. The molecule has 1 aliphatic heterocycles. The Hall–Kier alpha value is -1.16. The van der Waals surface area contributed by atoms with Gasteiger partial charge in [-0.25, -0.2) is 8.42 Å². The van der Waals surface area contributed by atoms with Gasteiger partial charge < -0.3 is 0 Å². The van der Waals surface area contributed by atoms with Crippen LogP contribution in [0.3, 0.4) is 0 Å². The Bertz CT molecular complexity index is 570. The fourth-order valence-corrected chi connectivity index (χ4v) is 3.98. The van der Waals surface area contributed by atoms with E-state index >= 15 is 0 Å². The van der Waals surface area contributed by atoms with Crippen LogP contribution >= 0.6 is 0 Å². The van der Waals surface area contributed by atoms with Crippen molar-refractivity contribution >= 4 is 15.6 Å². The van der Waals surface area contributed by atoms with Gasteiger partial charge >= 0.3 is 0 Å². The van der Waals surface area contributed by atoms with Crippen molar-refractivity contribution in [1.82, 2.24) is 0 Å². The summed E-state index contributed by atoms with van der Waals surface area (Å²) >= 11 is 0. The Balaban J connectivity index is 2.85. The van der Waals surface area contributed by atoms with E-state index in [4.69, 9.17) is 0 Å². The summed E-state index contributed by atoms with van der Waals surface area (Å²) in [6.07, 6.45) is 0.0955. The second kappa shape index (κ2) is 3.42. The van der Waals surface area contributed by atoms with Crippen molar-refractivity contribution < 1.29 is 13.2 Å². The molecular formula is C12H14O3S. The van der Waals surface area contributed by atoms with Crippen LogP contribution in [0, 0.1) is 13.8 Å². The lowest BCUT2D eigenvalue weighted by atomic mass is 10.0. The number of rotatable bonds is 0. The van der Waals surface area contributed by atoms with Gasteiger partial charge in [-0.15, -0.1) is 0 Å². The van der Waals surface area contributed by atoms with Gasteiger partial charge in [0.2, 0.25) is 0 Å². The Kier molecular flexibility index (Phi) is 2.42. The quantitative estimate of drug-likeness (QED) is 0.695. The summed E-state index contributed by atoms with van der Waals surface area (Å²) in [5.41, 5.74) is 1.97. The fourth-order valence-electron chi connectivity index (χ4n) is 2.22. The minimum absolute atomic E-state index is 0.0656. The zero-order valence-corrected chi connectivity index (χ0v) is 10.4. The van der Waals surface area contributed by atoms with Crippen molar-refractivity contribution in [1.29, 1.82) is 0 Å². The molecule has 2 rings (SSSR count). The summed E-state index contributed by atoms with van der Waals surface area (Å²) < 4.78 is 24.3. The van der Waals surface area contributed by atoms with E-state index in [2.05, 4.69) is 0 Å². The van der Waals surface area contributed by atoms with Crippen molar-refractivity contribution in [3.05, 3.63) is 28.8 Å². The molecule has 0 saturated heterocycles. The van der Waals surface area contributed by atoms with Crippen LogP contribution in [0.25, 0.3) is 0 Å². The molecule has 0 aliphatic carbocycles. The van der Waals surface area contributed by atoms with Crippen LogP contribution in [0.1, 0.15) is 34.8 Å². The highest BCUT2D eigenvalue weighted by atomic mass is 32.2. The standard InChI is InChI=1S/C12H14O3S/c1-7-4-8(2)12-10(5-7)11(13)6-9(3)16(12,14)15/h4-5,9H,6H2,1-3H3. The Morgan fingerprint density at radius 2 is 1.88 bits per heavy atom. The first kappa shape index (κ1) is 11.3. The van der Waals surface area contributed by atoms with Gasteiger partial charge in [0.1, 0.15) is 0 Å². The van der Waals surface area contributed by atoms with Crippen LogP contribution in [-0.2, 0) is 9.84 Å². The van der Waals surface area contributed by atoms with Crippen LogP contribution in [0.5, 0.6) is 0 Å². The van der Waals surface area contributed by atoms with E-state index in [1.165, 1.54) is 0 Å². The minimum Gasteiger partial charge on any atom is -0.294 e. The Labute approximate surface area is 95.4 Å². The lowest BCUT2D eigenvalue weighted by Gasteiger charge is -2.23. The van der Waals surface area contributed by atoms with E-state index in [1.54, 1.807) is 19.9 Å². The summed E-state index contributed by atoms with van der Waals surface area (Å²) in [6, 6.07) is 3.48. The molecule has 0 spiro atoms. The maximum atomic E-state index is 12.1. The van der Waals surface area contributed by atoms with Crippen LogP contribution in [-0.4, -0.2) is 19.5 Å². The first-order chi connectivity index (χ1) is 7.34. The normalized spacial score (nSPS) is 22.9. The van der Waals surface area contributed by atoms with E-state index in [0.717, 1.165) is 5.56 Å². The summed E-state index contributed by atoms with van der Waals surface area (Å²) in [5, 5.41) is -0.603. The van der Waals surface area contributed by atoms with Gasteiger partial charge in [0.25, 0.3) is 0 Å². The molecule has 0 bridgehead atoms. The van der Waals surface area contributed by atoms with Gasteiger partial charge in [0.15, 0.2) is 15.6 Å². The number of sulfone groups is 1. The van der Waals surface area contributed by atoms with Crippen molar-refractivity contribution in [3.63, 3.8) is 0 Å². The summed E-state index contributed by atoms with van der Waals surface area (Å²) in [4.78, 5) is 12.1. The lowest BCUT2D eigenvalue weighted by Crippen LogP contribution is -2.29. The summed E-state index contributed by atoms with van der Waals surface area (Å²) in [7, 11) is -3.32. The number of carbonyl (C=O) groups excluding carboxylic acids is 1. The molecule has 0 amide bonds. The molecule has 1 aromatic rings. The summed E-state index contributed by atoms with van der Waals surface area (Å²) in [5.74, 6) is -0.0656. The zero-order valence-electron chi connectivity index (χ0n) is 9.57. The summed E-state index contributed by atoms with van der Waals surface area (Å²) in [6.45, 7) is 5.20. The maximum absolute atomic E-state index is 12.1. The minimum atomic E-state index is -3.32. The van der Waals surface area contributed by atoms with Crippen LogP contribution in [0.4, 0.5) is 0 Å². The number of hydrogen-bond acceptors (Lipinski definition) is 3. The first-order valence-electron chi connectivity index (χ1n) is 5.22. The molecule has 16 heavy (non-hydrogen) atoms. The molecule has 1 heterocycles. The van der Waals surface area contributed by atoms with E-state index in [-0.39, 0.29) is 17.1 Å². The van der Waals surface area contributed by atoms with Crippen molar-refractivity contribution in [2.75, 3.05) is 0 Å². The van der Waals surface area contributed by atoms with Gasteiger partial charge in [0, 0.05) is 12.0 Å². The molecular weight excluding hydrogens is 224 g/mol. The van der Waals surface area contributed by atoms with Crippen molar-refractivity contribution in [3.8, 4) is 0 Å². The SMILES string of the molecule is Cc1cc(C)c2c(c1)C(=O)CC(C)S2(=O)=O. The van der Waals surface area contributed by atoms with E-state index < -0.39 is 15.1 Å². The predicted octanol–water partition coefficient (Wildman–Crippen LogP) is 2.05. The number of Topliss-reactive ketones (excluding diaryl/α,β-unsaturated/α-hetero) is 1. The second-order valence-corrected chi connectivity index (χ2v) is 6.74. The number of fused-ring (bicyclic) bond motifs is 1. The van der Waals surface area contributed by atoms with Gasteiger partial charge in [-0.1, -0.05) is 11.6 Å². The average Bonchev–Trinajstić information content (AvgIpc) is 2.13. The number of ketones is 1. The largest absolute Gasteiger partial charge is 0.294 e. The third-order valence-electron chi connectivity index (χ3n) is 3.01. The number of hydrogen-bond donors (Lipinski definition) is 0. The van der Waals surface area contributed by atoms with Crippen LogP contribution in [0.2, 0.25) is 0 Å². The molecule has 1 aliphatic rings. The van der Waals surface area contributed by atoms with Gasteiger partial charge in [-0.3, -0.25) is 4.79 Å². The monoisotopic (exact) mass is 238 g/mol. The molecule has 0 N–H and O–H groups in total. The van der Waals surface area contributed by atoms with Gasteiger partial charge in [-0.2, -0.15) is 0 Å². The average molecular weight is 238 g/mol. The number of aryl methyl sites for hydroxylation is 2. The third kappa shape index (κ3) is 1.48. The molecule has 0 aromatic heterocycles. The molecule has 0 saturated carbocycles. The van der Waals surface area contributed by atoms with Gasteiger partial charge in [0.05, 0.1) is 10.1 Å². The van der Waals surface area contributed by atoms with E-state index in [0.29, 0.717) is 11.1 Å².